The predicted molar refractivity (Wildman–Crippen MR) is 58.4 cm³/mol. The highest BCUT2D eigenvalue weighted by Gasteiger charge is 2.21. The van der Waals surface area contributed by atoms with Crippen LogP contribution in [0.1, 0.15) is 26.2 Å². The van der Waals surface area contributed by atoms with Crippen LogP contribution in [0.25, 0.3) is 0 Å². The minimum Gasteiger partial charge on any atom is -0.304 e. The maximum Gasteiger partial charge on any atom is 0.131 e. The summed E-state index contributed by atoms with van der Waals surface area (Å²) in [5.41, 5.74) is 0. The Kier molecular flexibility index (Phi) is 4.55. The van der Waals surface area contributed by atoms with E-state index in [-0.39, 0.29) is 5.78 Å². The van der Waals surface area contributed by atoms with Crippen molar-refractivity contribution in [3.8, 4) is 0 Å². The van der Waals surface area contributed by atoms with E-state index in [4.69, 9.17) is 0 Å². The fourth-order valence-electron chi connectivity index (χ4n) is 2.01. The molecule has 3 nitrogen and oxygen atoms in total. The molecule has 3 heteroatoms. The van der Waals surface area contributed by atoms with Gasteiger partial charge >= 0.3 is 0 Å². The van der Waals surface area contributed by atoms with Gasteiger partial charge < -0.3 is 9.80 Å². The summed E-state index contributed by atoms with van der Waals surface area (Å²) in [4.78, 5) is 15.5. The Morgan fingerprint density at radius 2 is 2.29 bits per heavy atom. The lowest BCUT2D eigenvalue weighted by molar-refractivity contribution is -0.117. The molecule has 1 atom stereocenters. The van der Waals surface area contributed by atoms with Crippen LogP contribution >= 0.6 is 0 Å². The second-order valence-corrected chi connectivity index (χ2v) is 4.49. The van der Waals surface area contributed by atoms with Gasteiger partial charge in [0.2, 0.25) is 0 Å². The number of rotatable bonds is 5. The number of ketones is 1. The summed E-state index contributed by atoms with van der Waals surface area (Å²) in [5, 5.41) is 0. The lowest BCUT2D eigenvalue weighted by atomic mass is 10.2. The average Bonchev–Trinajstić information content (AvgIpc) is 2.49. The van der Waals surface area contributed by atoms with Crippen LogP contribution < -0.4 is 0 Å². The van der Waals surface area contributed by atoms with Crippen LogP contribution in [-0.2, 0) is 4.79 Å². The predicted octanol–water partition coefficient (Wildman–Crippen LogP) is 0.992. The molecule has 1 heterocycles. The van der Waals surface area contributed by atoms with Gasteiger partial charge in [0.15, 0.2) is 0 Å². The van der Waals surface area contributed by atoms with E-state index < -0.39 is 0 Å². The van der Waals surface area contributed by atoms with Crippen LogP contribution in [0.5, 0.6) is 0 Å². The summed E-state index contributed by atoms with van der Waals surface area (Å²) in [6.07, 6.45) is 3.32. The molecule has 1 rings (SSSR count). The molecule has 0 aromatic carbocycles. The molecule has 14 heavy (non-hydrogen) atoms. The van der Waals surface area contributed by atoms with Gasteiger partial charge in [-0.3, -0.25) is 4.79 Å². The molecular weight excluding hydrogens is 176 g/mol. The van der Waals surface area contributed by atoms with E-state index in [1.807, 2.05) is 0 Å². The lowest BCUT2D eigenvalue weighted by Gasteiger charge is -2.25. The summed E-state index contributed by atoms with van der Waals surface area (Å²) >= 11 is 0. The zero-order chi connectivity index (χ0) is 10.6. The number of nitrogens with zero attached hydrogens (tertiary/aromatic N) is 2. The van der Waals surface area contributed by atoms with Crippen LogP contribution in [0.3, 0.4) is 0 Å². The quantitative estimate of drug-likeness (QED) is 0.658. The fourth-order valence-corrected chi connectivity index (χ4v) is 2.01. The summed E-state index contributed by atoms with van der Waals surface area (Å²) < 4.78 is 0. The first-order chi connectivity index (χ1) is 6.59. The largest absolute Gasteiger partial charge is 0.304 e. The highest BCUT2D eigenvalue weighted by atomic mass is 16.1. The number of hydrogen-bond acceptors (Lipinski definition) is 3. The Morgan fingerprint density at radius 3 is 2.79 bits per heavy atom. The zero-order valence-corrected chi connectivity index (χ0v) is 9.62. The van der Waals surface area contributed by atoms with E-state index in [2.05, 4.69) is 23.9 Å². The second-order valence-electron chi connectivity index (χ2n) is 4.49. The van der Waals surface area contributed by atoms with Gasteiger partial charge in [-0.25, -0.2) is 0 Å². The lowest BCUT2D eigenvalue weighted by Crippen LogP contribution is -2.37. The van der Waals surface area contributed by atoms with Crippen LogP contribution in [0, 0.1) is 0 Å². The third-order valence-corrected chi connectivity index (χ3v) is 3.04. The molecule has 0 aliphatic carbocycles. The van der Waals surface area contributed by atoms with Gasteiger partial charge in [0.25, 0.3) is 0 Å². The molecule has 0 bridgehead atoms. The van der Waals surface area contributed by atoms with Gasteiger partial charge in [0.1, 0.15) is 5.78 Å². The summed E-state index contributed by atoms with van der Waals surface area (Å²) in [6.45, 7) is 4.89. The van der Waals surface area contributed by atoms with Crippen LogP contribution in [-0.4, -0.2) is 55.4 Å². The number of likely N-dealkylation sites (tertiary alicyclic amines) is 1. The first kappa shape index (κ1) is 11.7. The topological polar surface area (TPSA) is 23.6 Å². The second kappa shape index (κ2) is 5.47. The molecule has 1 saturated heterocycles. The molecule has 0 aromatic heterocycles. The van der Waals surface area contributed by atoms with Crippen LogP contribution in [0.15, 0.2) is 0 Å². The molecule has 0 spiro atoms. The summed E-state index contributed by atoms with van der Waals surface area (Å²) in [6, 6.07) is 0.701. The van der Waals surface area contributed by atoms with Crippen molar-refractivity contribution in [3.05, 3.63) is 0 Å². The third kappa shape index (κ3) is 3.76. The number of carbonyl (C=O) groups excluding carboxylic acids is 1. The summed E-state index contributed by atoms with van der Waals surface area (Å²) in [5.74, 6) is 0.289. The van der Waals surface area contributed by atoms with E-state index in [1.54, 1.807) is 6.92 Å². The molecule has 0 saturated carbocycles. The number of Topliss-reactive ketones (excluding diaryl/α,β-unsaturated/α-hetero) is 1. The van der Waals surface area contributed by atoms with E-state index in [0.29, 0.717) is 12.5 Å². The van der Waals surface area contributed by atoms with Crippen molar-refractivity contribution in [3.63, 3.8) is 0 Å². The standard InChI is InChI=1S/C11H22N2O/c1-10(14)6-8-12(2)9-11-5-4-7-13(11)3/h11H,4-9H2,1-3H3. The van der Waals surface area contributed by atoms with Crippen molar-refractivity contribution in [2.24, 2.45) is 0 Å². The molecule has 1 unspecified atom stereocenters. The SMILES string of the molecule is CC(=O)CCN(C)CC1CCCN1C. The van der Waals surface area contributed by atoms with Gasteiger partial charge in [-0.15, -0.1) is 0 Å². The van der Waals surface area contributed by atoms with Crippen LogP contribution in [0.2, 0.25) is 0 Å². The van der Waals surface area contributed by atoms with E-state index in [9.17, 15) is 4.79 Å². The van der Waals surface area contributed by atoms with Crippen molar-refractivity contribution in [2.75, 3.05) is 33.7 Å². The summed E-state index contributed by atoms with van der Waals surface area (Å²) in [7, 11) is 4.30. The fraction of sp³-hybridized carbons (Fsp3) is 0.909. The molecule has 1 aliphatic heterocycles. The Morgan fingerprint density at radius 1 is 1.57 bits per heavy atom. The smallest absolute Gasteiger partial charge is 0.131 e. The number of likely N-dealkylation sites (N-methyl/N-ethyl adjacent to an activating group) is 2. The van der Waals surface area contributed by atoms with E-state index >= 15 is 0 Å². The Hall–Kier alpha value is -0.410. The first-order valence-corrected chi connectivity index (χ1v) is 5.48. The molecule has 1 fully saturated rings. The molecule has 1 aliphatic rings. The third-order valence-electron chi connectivity index (χ3n) is 3.04. The van der Waals surface area contributed by atoms with Gasteiger partial charge in [0, 0.05) is 25.6 Å². The van der Waals surface area contributed by atoms with Gasteiger partial charge in [-0.1, -0.05) is 0 Å². The molecule has 0 N–H and O–H groups in total. The highest BCUT2D eigenvalue weighted by molar-refractivity contribution is 5.75. The van der Waals surface area contributed by atoms with Crippen LogP contribution in [0.4, 0.5) is 0 Å². The van der Waals surface area contributed by atoms with E-state index in [1.165, 1.54) is 19.4 Å². The first-order valence-electron chi connectivity index (χ1n) is 5.48. The number of carbonyl (C=O) groups is 1. The maximum atomic E-state index is 10.8. The van der Waals surface area contributed by atoms with Crippen molar-refractivity contribution < 1.29 is 4.79 Å². The van der Waals surface area contributed by atoms with Gasteiger partial charge in [-0.2, -0.15) is 0 Å². The van der Waals surface area contributed by atoms with E-state index in [0.717, 1.165) is 13.1 Å². The van der Waals surface area contributed by atoms with Gasteiger partial charge in [-0.05, 0) is 40.4 Å². The zero-order valence-electron chi connectivity index (χ0n) is 9.62. The molecule has 82 valence electrons. The monoisotopic (exact) mass is 198 g/mol. The average molecular weight is 198 g/mol. The van der Waals surface area contributed by atoms with Crippen molar-refractivity contribution in [1.82, 2.24) is 9.80 Å². The van der Waals surface area contributed by atoms with Crippen molar-refractivity contribution >= 4 is 5.78 Å². The minimum atomic E-state index is 0.289. The molecular formula is C11H22N2O. The normalized spacial score (nSPS) is 23.3. The van der Waals surface area contributed by atoms with Crippen molar-refractivity contribution in [1.29, 1.82) is 0 Å². The van der Waals surface area contributed by atoms with Gasteiger partial charge in [0.05, 0.1) is 0 Å². The Balaban J connectivity index is 2.19. The highest BCUT2D eigenvalue weighted by Crippen LogP contribution is 2.15. The molecule has 0 radical (unpaired) electrons. The Bertz CT molecular complexity index is 194. The van der Waals surface area contributed by atoms with Crippen molar-refractivity contribution in [2.45, 2.75) is 32.2 Å². The molecule has 0 aromatic rings. The Labute approximate surface area is 87.1 Å². The number of hydrogen-bond donors (Lipinski definition) is 0. The molecule has 0 amide bonds. The maximum absolute atomic E-state index is 10.8. The minimum absolute atomic E-state index is 0.289.